The Morgan fingerprint density at radius 2 is 1.55 bits per heavy atom. The molecule has 1 aliphatic rings. The lowest BCUT2D eigenvalue weighted by atomic mass is 9.91. The number of aliphatic imine (C=N–C) groups is 1. The minimum Gasteiger partial charge on any atom is -0.493 e. The first-order chi connectivity index (χ1) is 21.7. The molecule has 0 aliphatic carbocycles. The highest BCUT2D eigenvalue weighted by Crippen LogP contribution is 2.38. The molecule has 7 heteroatoms. The number of hydrogen-bond acceptors (Lipinski definition) is 7. The zero-order chi connectivity index (χ0) is 31.8. The number of nitrogens with zero attached hydrogens (tertiary/aromatic N) is 1. The van der Waals surface area contributed by atoms with Crippen molar-refractivity contribution in [2.75, 3.05) is 20.7 Å². The van der Waals surface area contributed by atoms with E-state index in [0.29, 0.717) is 48.8 Å². The molecule has 4 aromatic rings. The highest BCUT2D eigenvalue weighted by molar-refractivity contribution is 6.04. The second-order valence-electron chi connectivity index (χ2n) is 9.88. The van der Waals surface area contributed by atoms with Crippen molar-refractivity contribution in [1.29, 1.82) is 0 Å². The lowest BCUT2D eigenvalue weighted by molar-refractivity contribution is -0.142. The minimum absolute atomic E-state index is 0.0110. The fraction of sp³-hybridized carbons (Fsp3) is 0.257. The van der Waals surface area contributed by atoms with Crippen molar-refractivity contribution in [3.63, 3.8) is 0 Å². The van der Waals surface area contributed by atoms with Crippen LogP contribution in [0, 0.1) is 0 Å². The van der Waals surface area contributed by atoms with Gasteiger partial charge in [-0.2, -0.15) is 0 Å². The predicted octanol–water partition coefficient (Wildman–Crippen LogP) is 6.51. The van der Waals surface area contributed by atoms with Crippen LogP contribution in [0.5, 0.6) is 23.0 Å². The topological polar surface area (TPSA) is 75.6 Å². The van der Waals surface area contributed by atoms with E-state index >= 15 is 0 Å². The Morgan fingerprint density at radius 3 is 2.21 bits per heavy atom. The monoisotopic (exact) mass is 568 g/mol. The molecule has 5 rings (SSSR count). The van der Waals surface area contributed by atoms with E-state index in [1.54, 1.807) is 19.2 Å². The number of ether oxygens (including phenoxy) is 5. The Bertz CT molecular complexity index is 1660. The van der Waals surface area contributed by atoms with E-state index in [4.69, 9.17) is 32.8 Å². The van der Waals surface area contributed by atoms with Gasteiger partial charge in [0.2, 0.25) is 0 Å². The van der Waals surface area contributed by atoms with Crippen molar-refractivity contribution in [2.24, 2.45) is 4.99 Å². The molecule has 0 saturated carbocycles. The SMILES string of the molecule is [2H]C([2H])([2H])Oc1cc2c(cc1OCc1ccccc1)C(Cc1ccc(OC)c(OCc3ccccc3)c1COC(C)=O)=NCC2. The highest BCUT2D eigenvalue weighted by Gasteiger charge is 2.23. The maximum absolute atomic E-state index is 11.9. The van der Waals surface area contributed by atoms with Crippen LogP contribution in [0.4, 0.5) is 0 Å². The zero-order valence-electron chi connectivity index (χ0n) is 26.7. The molecule has 0 bridgehead atoms. The van der Waals surface area contributed by atoms with Gasteiger partial charge >= 0.3 is 5.97 Å². The molecule has 0 N–H and O–H groups in total. The lowest BCUT2D eigenvalue weighted by Gasteiger charge is -2.23. The van der Waals surface area contributed by atoms with Crippen molar-refractivity contribution >= 4 is 11.7 Å². The summed E-state index contributed by atoms with van der Waals surface area (Å²) >= 11 is 0. The molecule has 4 aromatic carbocycles. The third kappa shape index (κ3) is 6.92. The standard InChI is InChI=1S/C35H35NO6/c1-24(37)40-23-30-27(14-15-32(38-2)35(30)42-22-26-12-8-5-9-13-26)18-31-29-20-34(41-21-25-10-6-4-7-11-25)33(39-3)19-28(29)16-17-36-31/h4-15,19-20H,16-18,21-23H2,1-3H3/i3D3. The molecular weight excluding hydrogens is 530 g/mol. The van der Waals surface area contributed by atoms with E-state index in [0.717, 1.165) is 33.5 Å². The van der Waals surface area contributed by atoms with Crippen LogP contribution in [-0.4, -0.2) is 32.4 Å². The molecule has 1 aliphatic heterocycles. The lowest BCUT2D eigenvalue weighted by Crippen LogP contribution is -2.17. The number of benzene rings is 4. The second kappa shape index (κ2) is 13.7. The molecule has 0 atom stereocenters. The van der Waals surface area contributed by atoms with E-state index in [1.165, 1.54) is 6.92 Å². The number of fused-ring (bicyclic) bond motifs is 1. The average Bonchev–Trinajstić information content (AvgIpc) is 3.02. The molecule has 0 radical (unpaired) electrons. The summed E-state index contributed by atoms with van der Waals surface area (Å²) in [4.78, 5) is 16.7. The Kier molecular flexibility index (Phi) is 8.16. The van der Waals surface area contributed by atoms with Crippen molar-refractivity contribution in [2.45, 2.75) is 39.6 Å². The Hall–Kier alpha value is -4.78. The smallest absolute Gasteiger partial charge is 0.302 e. The van der Waals surface area contributed by atoms with Gasteiger partial charge in [-0.1, -0.05) is 66.7 Å². The van der Waals surface area contributed by atoms with E-state index < -0.39 is 13.0 Å². The summed E-state index contributed by atoms with van der Waals surface area (Å²) in [6.07, 6.45) is 1.01. The van der Waals surface area contributed by atoms with Crippen molar-refractivity contribution in [3.8, 4) is 23.0 Å². The van der Waals surface area contributed by atoms with E-state index in [2.05, 4.69) is 0 Å². The first-order valence-corrected chi connectivity index (χ1v) is 13.8. The average molecular weight is 569 g/mol. The molecule has 42 heavy (non-hydrogen) atoms. The largest absolute Gasteiger partial charge is 0.493 e. The van der Waals surface area contributed by atoms with Crippen LogP contribution in [0.1, 0.15) is 44.4 Å². The molecule has 216 valence electrons. The molecule has 1 heterocycles. The van der Waals surface area contributed by atoms with Crippen LogP contribution >= 0.6 is 0 Å². The van der Waals surface area contributed by atoms with Crippen LogP contribution < -0.4 is 18.9 Å². The Morgan fingerprint density at radius 1 is 0.833 bits per heavy atom. The summed E-state index contributed by atoms with van der Waals surface area (Å²) in [6, 6.07) is 26.7. The van der Waals surface area contributed by atoms with Gasteiger partial charge in [0.1, 0.15) is 19.8 Å². The van der Waals surface area contributed by atoms with Gasteiger partial charge in [0.15, 0.2) is 23.0 Å². The molecular formula is C35H35NO6. The van der Waals surface area contributed by atoms with Crippen LogP contribution in [0.2, 0.25) is 0 Å². The summed E-state index contributed by atoms with van der Waals surface area (Å²) in [5, 5.41) is 0. The van der Waals surface area contributed by atoms with Gasteiger partial charge < -0.3 is 23.7 Å². The number of carbonyl (C=O) groups is 1. The molecule has 0 amide bonds. The van der Waals surface area contributed by atoms with Gasteiger partial charge in [-0.3, -0.25) is 9.79 Å². The van der Waals surface area contributed by atoms with Gasteiger partial charge in [-0.05, 0) is 46.9 Å². The predicted molar refractivity (Wildman–Crippen MR) is 162 cm³/mol. The van der Waals surface area contributed by atoms with E-state index in [-0.39, 0.29) is 19.0 Å². The second-order valence-corrected chi connectivity index (χ2v) is 9.88. The minimum atomic E-state index is -2.64. The molecule has 0 spiro atoms. The van der Waals surface area contributed by atoms with Crippen molar-refractivity contribution < 1.29 is 32.6 Å². The van der Waals surface area contributed by atoms with Gasteiger partial charge in [0, 0.05) is 36.7 Å². The molecule has 0 unspecified atom stereocenters. The first kappa shape index (κ1) is 25.0. The van der Waals surface area contributed by atoms with Gasteiger partial charge in [-0.15, -0.1) is 0 Å². The van der Waals surface area contributed by atoms with E-state index in [1.807, 2.05) is 72.8 Å². The summed E-state index contributed by atoms with van der Waals surface area (Å²) in [5.74, 6) is 1.06. The van der Waals surface area contributed by atoms with Crippen LogP contribution in [0.3, 0.4) is 0 Å². The highest BCUT2D eigenvalue weighted by atomic mass is 16.5. The van der Waals surface area contributed by atoms with Crippen molar-refractivity contribution in [3.05, 3.63) is 118 Å². The maximum Gasteiger partial charge on any atom is 0.302 e. The third-order valence-corrected chi connectivity index (χ3v) is 7.06. The van der Waals surface area contributed by atoms with Crippen LogP contribution in [0.15, 0.2) is 89.9 Å². The number of methoxy groups -OCH3 is 2. The van der Waals surface area contributed by atoms with Crippen LogP contribution in [0.25, 0.3) is 0 Å². The quantitative estimate of drug-likeness (QED) is 0.181. The van der Waals surface area contributed by atoms with Gasteiger partial charge in [0.05, 0.1) is 18.3 Å². The summed E-state index contributed by atoms with van der Waals surface area (Å²) in [6.45, 7) is 2.40. The summed E-state index contributed by atoms with van der Waals surface area (Å²) < 4.78 is 52.0. The Balaban J connectivity index is 1.50. The normalized spacial score (nSPS) is 13.5. The zero-order valence-corrected chi connectivity index (χ0v) is 23.7. The fourth-order valence-electron chi connectivity index (χ4n) is 4.93. The first-order valence-electron chi connectivity index (χ1n) is 15.3. The summed E-state index contributed by atoms with van der Waals surface area (Å²) in [7, 11) is -1.08. The number of hydrogen-bond donors (Lipinski definition) is 0. The molecule has 0 aromatic heterocycles. The molecule has 0 saturated heterocycles. The third-order valence-electron chi connectivity index (χ3n) is 7.06. The number of carbonyl (C=O) groups excluding carboxylic acids is 1. The number of rotatable bonds is 12. The molecule has 7 nitrogen and oxygen atoms in total. The fourth-order valence-corrected chi connectivity index (χ4v) is 4.93. The molecule has 0 fully saturated rings. The maximum atomic E-state index is 11.9. The van der Waals surface area contributed by atoms with Gasteiger partial charge in [0.25, 0.3) is 0 Å². The Labute approximate surface area is 250 Å². The van der Waals surface area contributed by atoms with Crippen LogP contribution in [-0.2, 0) is 42.2 Å². The van der Waals surface area contributed by atoms with E-state index in [9.17, 15) is 4.79 Å². The van der Waals surface area contributed by atoms with Crippen molar-refractivity contribution in [1.82, 2.24) is 0 Å². The van der Waals surface area contributed by atoms with Gasteiger partial charge in [-0.25, -0.2) is 0 Å². The summed E-state index contributed by atoms with van der Waals surface area (Å²) in [5.41, 5.74) is 5.96. The number of esters is 1.